The van der Waals surface area contributed by atoms with Crippen LogP contribution in [0.5, 0.6) is 0 Å². The molecule has 3 nitrogen and oxygen atoms in total. The van der Waals surface area contributed by atoms with Gasteiger partial charge in [0.25, 0.3) is 0 Å². The van der Waals surface area contributed by atoms with Gasteiger partial charge in [-0.15, -0.1) is 0 Å². The molecule has 0 atom stereocenters. The van der Waals surface area contributed by atoms with Crippen LogP contribution in [0.4, 0.5) is 0 Å². The molecule has 0 saturated carbocycles. The number of ketones is 1. The molecule has 0 N–H and O–H groups in total. The third kappa shape index (κ3) is 3.78. The lowest BCUT2D eigenvalue weighted by Gasteiger charge is -1.98. The van der Waals surface area contributed by atoms with Gasteiger partial charge in [0.05, 0.1) is 12.1 Å². The number of aromatic nitrogens is 2. The normalized spacial score (nSPS) is 9.92. The fraction of sp³-hybridized carbons (Fsp3) is 0.500. The van der Waals surface area contributed by atoms with Crippen molar-refractivity contribution in [3.63, 3.8) is 0 Å². The lowest BCUT2D eigenvalue weighted by atomic mass is 10.1. The molecule has 0 aliphatic heterocycles. The molecule has 0 amide bonds. The second-order valence-electron chi connectivity index (χ2n) is 3.02. The molecule has 0 fully saturated rings. The third-order valence-corrected chi connectivity index (χ3v) is 1.80. The summed E-state index contributed by atoms with van der Waals surface area (Å²) in [4.78, 5) is 19.3. The summed E-state index contributed by atoms with van der Waals surface area (Å²) in [6.07, 6.45) is 7.98. The quantitative estimate of drug-likeness (QED) is 0.690. The highest BCUT2D eigenvalue weighted by atomic mass is 16.1. The summed E-state index contributed by atoms with van der Waals surface area (Å²) in [7, 11) is 0. The molecule has 70 valence electrons. The molecule has 0 spiro atoms. The number of carbonyl (C=O) groups is 1. The van der Waals surface area contributed by atoms with Crippen LogP contribution in [-0.4, -0.2) is 15.8 Å². The molecule has 0 radical (unpaired) electrons. The lowest BCUT2D eigenvalue weighted by molar-refractivity contribution is -0.118. The minimum absolute atomic E-state index is 0.252. The Balaban J connectivity index is 2.37. The van der Waals surface area contributed by atoms with Crippen LogP contribution in [0.3, 0.4) is 0 Å². The van der Waals surface area contributed by atoms with Crippen LogP contribution in [-0.2, 0) is 11.2 Å². The van der Waals surface area contributed by atoms with Gasteiger partial charge in [-0.2, -0.15) is 0 Å². The number of hydrogen-bond acceptors (Lipinski definition) is 3. The van der Waals surface area contributed by atoms with Crippen LogP contribution in [0.2, 0.25) is 0 Å². The summed E-state index contributed by atoms with van der Waals surface area (Å²) in [5.74, 6) is 0.252. The Kier molecular flexibility index (Phi) is 4.09. The van der Waals surface area contributed by atoms with Gasteiger partial charge >= 0.3 is 0 Å². The van der Waals surface area contributed by atoms with E-state index in [0.717, 1.165) is 18.5 Å². The number of carbonyl (C=O) groups excluding carboxylic acids is 1. The Morgan fingerprint density at radius 1 is 1.46 bits per heavy atom. The molecular formula is C10H14N2O. The van der Waals surface area contributed by atoms with E-state index in [1.165, 1.54) is 0 Å². The second-order valence-corrected chi connectivity index (χ2v) is 3.02. The Hall–Kier alpha value is -1.25. The maximum Gasteiger partial charge on any atom is 0.138 e. The number of unbranched alkanes of at least 4 members (excludes halogenated alkanes) is 1. The number of nitrogens with zero attached hydrogens (tertiary/aromatic N) is 2. The fourth-order valence-electron chi connectivity index (χ4n) is 1.09. The first kappa shape index (κ1) is 9.84. The molecule has 1 aromatic rings. The molecule has 0 aliphatic rings. The van der Waals surface area contributed by atoms with E-state index in [1.54, 1.807) is 18.6 Å². The highest BCUT2D eigenvalue weighted by molar-refractivity contribution is 5.80. The molecule has 1 rings (SSSR count). The SMILES string of the molecule is CCCCC(=O)Cc1cnccn1. The van der Waals surface area contributed by atoms with Gasteiger partial charge in [-0.25, -0.2) is 0 Å². The first-order valence-corrected chi connectivity index (χ1v) is 4.59. The average Bonchev–Trinajstić information content (AvgIpc) is 2.16. The van der Waals surface area contributed by atoms with Gasteiger partial charge in [-0.3, -0.25) is 14.8 Å². The lowest BCUT2D eigenvalue weighted by Crippen LogP contribution is -2.04. The molecule has 0 aromatic carbocycles. The highest BCUT2D eigenvalue weighted by Gasteiger charge is 2.03. The zero-order chi connectivity index (χ0) is 9.52. The van der Waals surface area contributed by atoms with Gasteiger partial charge in [0.15, 0.2) is 0 Å². The second kappa shape index (κ2) is 5.41. The zero-order valence-electron chi connectivity index (χ0n) is 7.86. The summed E-state index contributed by atoms with van der Waals surface area (Å²) in [6.45, 7) is 2.08. The average molecular weight is 178 g/mol. The number of Topliss-reactive ketones (excluding diaryl/α,β-unsaturated/α-hetero) is 1. The summed E-state index contributed by atoms with van der Waals surface area (Å²) in [5.41, 5.74) is 0.767. The minimum Gasteiger partial charge on any atom is -0.299 e. The molecule has 0 unspecified atom stereocenters. The van der Waals surface area contributed by atoms with Crippen molar-refractivity contribution >= 4 is 5.78 Å². The van der Waals surface area contributed by atoms with Crippen molar-refractivity contribution in [3.05, 3.63) is 24.3 Å². The summed E-state index contributed by atoms with van der Waals surface area (Å²) in [6, 6.07) is 0. The van der Waals surface area contributed by atoms with E-state index in [0.29, 0.717) is 12.8 Å². The van der Waals surface area contributed by atoms with Crippen LogP contribution in [0.25, 0.3) is 0 Å². The van der Waals surface area contributed by atoms with Crippen LogP contribution >= 0.6 is 0 Å². The van der Waals surface area contributed by atoms with E-state index in [-0.39, 0.29) is 5.78 Å². The predicted molar refractivity (Wildman–Crippen MR) is 50.3 cm³/mol. The summed E-state index contributed by atoms with van der Waals surface area (Å²) < 4.78 is 0. The van der Waals surface area contributed by atoms with Crippen molar-refractivity contribution in [1.82, 2.24) is 9.97 Å². The van der Waals surface area contributed by atoms with E-state index < -0.39 is 0 Å². The van der Waals surface area contributed by atoms with Crippen LogP contribution in [0, 0.1) is 0 Å². The first-order valence-electron chi connectivity index (χ1n) is 4.59. The summed E-state index contributed by atoms with van der Waals surface area (Å²) >= 11 is 0. The maximum absolute atomic E-state index is 11.3. The van der Waals surface area contributed by atoms with Crippen molar-refractivity contribution in [2.24, 2.45) is 0 Å². The van der Waals surface area contributed by atoms with E-state index >= 15 is 0 Å². The van der Waals surface area contributed by atoms with Crippen LogP contribution in [0.1, 0.15) is 31.9 Å². The third-order valence-electron chi connectivity index (χ3n) is 1.80. The summed E-state index contributed by atoms with van der Waals surface area (Å²) in [5, 5.41) is 0. The van der Waals surface area contributed by atoms with E-state index in [1.807, 2.05) is 0 Å². The first-order chi connectivity index (χ1) is 6.33. The Labute approximate surface area is 78.2 Å². The minimum atomic E-state index is 0.252. The maximum atomic E-state index is 11.3. The monoisotopic (exact) mass is 178 g/mol. The van der Waals surface area contributed by atoms with Crippen molar-refractivity contribution < 1.29 is 4.79 Å². The predicted octanol–water partition coefficient (Wildman–Crippen LogP) is 1.78. The molecular weight excluding hydrogens is 164 g/mol. The Morgan fingerprint density at radius 2 is 2.31 bits per heavy atom. The van der Waals surface area contributed by atoms with Gasteiger partial charge in [0, 0.05) is 25.0 Å². The topological polar surface area (TPSA) is 42.9 Å². The Morgan fingerprint density at radius 3 is 2.92 bits per heavy atom. The van der Waals surface area contributed by atoms with Crippen molar-refractivity contribution in [2.45, 2.75) is 32.6 Å². The van der Waals surface area contributed by atoms with Gasteiger partial charge < -0.3 is 0 Å². The number of rotatable bonds is 5. The van der Waals surface area contributed by atoms with Gasteiger partial charge in [0.1, 0.15) is 5.78 Å². The molecule has 0 saturated heterocycles. The van der Waals surface area contributed by atoms with E-state index in [9.17, 15) is 4.79 Å². The molecule has 13 heavy (non-hydrogen) atoms. The zero-order valence-corrected chi connectivity index (χ0v) is 7.86. The highest BCUT2D eigenvalue weighted by Crippen LogP contribution is 2.00. The van der Waals surface area contributed by atoms with Crippen molar-refractivity contribution in [3.8, 4) is 0 Å². The molecule has 0 aliphatic carbocycles. The fourth-order valence-corrected chi connectivity index (χ4v) is 1.09. The van der Waals surface area contributed by atoms with Crippen LogP contribution < -0.4 is 0 Å². The van der Waals surface area contributed by atoms with Crippen molar-refractivity contribution in [2.75, 3.05) is 0 Å². The van der Waals surface area contributed by atoms with Gasteiger partial charge in [0.2, 0.25) is 0 Å². The van der Waals surface area contributed by atoms with E-state index in [2.05, 4.69) is 16.9 Å². The van der Waals surface area contributed by atoms with Crippen LogP contribution in [0.15, 0.2) is 18.6 Å². The van der Waals surface area contributed by atoms with Gasteiger partial charge in [-0.05, 0) is 6.42 Å². The van der Waals surface area contributed by atoms with Gasteiger partial charge in [-0.1, -0.05) is 13.3 Å². The Bertz CT molecular complexity index is 259. The largest absolute Gasteiger partial charge is 0.299 e. The van der Waals surface area contributed by atoms with Crippen molar-refractivity contribution in [1.29, 1.82) is 0 Å². The molecule has 1 aromatic heterocycles. The smallest absolute Gasteiger partial charge is 0.138 e. The standard InChI is InChI=1S/C10H14N2O/c1-2-3-4-10(13)7-9-8-11-5-6-12-9/h5-6,8H,2-4,7H2,1H3. The molecule has 1 heterocycles. The molecule has 0 bridgehead atoms. The molecule has 3 heteroatoms. The number of hydrogen-bond donors (Lipinski definition) is 0. The van der Waals surface area contributed by atoms with E-state index in [4.69, 9.17) is 0 Å².